The Balaban J connectivity index is 0.00000341. The van der Waals surface area contributed by atoms with Gasteiger partial charge >= 0.3 is 0 Å². The minimum absolute atomic E-state index is 0. The highest BCUT2D eigenvalue weighted by atomic mass is 35.5. The second-order valence-corrected chi connectivity index (χ2v) is 6.15. The van der Waals surface area contributed by atoms with E-state index in [2.05, 4.69) is 10.5 Å². The van der Waals surface area contributed by atoms with Crippen LogP contribution in [0.25, 0.3) is 22.5 Å². The van der Waals surface area contributed by atoms with Crippen LogP contribution in [0.2, 0.25) is 0 Å². The van der Waals surface area contributed by atoms with Crippen molar-refractivity contribution in [3.63, 3.8) is 0 Å². The predicted molar refractivity (Wildman–Crippen MR) is 119 cm³/mol. The third-order valence-corrected chi connectivity index (χ3v) is 4.47. The van der Waals surface area contributed by atoms with Crippen LogP contribution in [0.1, 0.15) is 0 Å². The number of anilines is 1. The maximum Gasteiger partial charge on any atom is 0.238 e. The van der Waals surface area contributed by atoms with Gasteiger partial charge in [-0.15, -0.1) is 12.4 Å². The molecular weight excluding hydrogens is 426 g/mol. The van der Waals surface area contributed by atoms with Gasteiger partial charge in [-0.1, -0.05) is 11.2 Å². The smallest absolute Gasteiger partial charge is 0.238 e. The highest BCUT2D eigenvalue weighted by Crippen LogP contribution is 2.43. The molecule has 0 fully saturated rings. The molecule has 31 heavy (non-hydrogen) atoms. The van der Waals surface area contributed by atoms with Crippen molar-refractivity contribution in [2.24, 2.45) is 5.73 Å². The number of rotatable bonds is 8. The summed E-state index contributed by atoms with van der Waals surface area (Å²) in [5.41, 5.74) is 8.04. The maximum absolute atomic E-state index is 11.8. The van der Waals surface area contributed by atoms with Crippen LogP contribution in [-0.4, -0.2) is 46.0 Å². The first-order valence-electron chi connectivity index (χ1n) is 8.99. The second kappa shape index (κ2) is 10.6. The van der Waals surface area contributed by atoms with Gasteiger partial charge in [0.25, 0.3) is 0 Å². The van der Waals surface area contributed by atoms with Crippen LogP contribution >= 0.6 is 12.4 Å². The summed E-state index contributed by atoms with van der Waals surface area (Å²) in [6, 6.07) is 8.89. The van der Waals surface area contributed by atoms with E-state index in [1.165, 1.54) is 28.4 Å². The lowest BCUT2D eigenvalue weighted by atomic mass is 10.0. The van der Waals surface area contributed by atoms with E-state index in [-0.39, 0.29) is 24.9 Å². The van der Waals surface area contributed by atoms with Gasteiger partial charge in [-0.3, -0.25) is 4.79 Å². The fourth-order valence-corrected chi connectivity index (χ4v) is 3.04. The number of benzene rings is 2. The lowest BCUT2D eigenvalue weighted by Crippen LogP contribution is -2.22. The van der Waals surface area contributed by atoms with Crippen LogP contribution in [0.4, 0.5) is 5.69 Å². The Bertz CT molecular complexity index is 1030. The number of ether oxygens (including phenoxy) is 4. The molecule has 0 atom stereocenters. The number of nitrogens with two attached hydrogens (primary N) is 1. The number of carbonyl (C=O) groups is 1. The molecule has 0 radical (unpaired) electrons. The number of amides is 1. The standard InChI is InChI=1S/C21H23N3O6.ClH/c1-26-16-6-5-12(7-15(16)24-19(25)10-22)14-11-23-30-20(14)13-8-17(27-2)21(29-4)18(9-13)28-3;/h5-9,11H,10,22H2,1-4H3,(H,24,25);1H. The number of hydrogen-bond donors (Lipinski definition) is 2. The fraction of sp³-hybridized carbons (Fsp3) is 0.238. The molecule has 10 heteroatoms. The average Bonchev–Trinajstić information content (AvgIpc) is 3.27. The SMILES string of the molecule is COc1ccc(-c2cnoc2-c2cc(OC)c(OC)c(OC)c2)cc1NC(=O)CN.Cl. The van der Waals surface area contributed by atoms with E-state index in [0.717, 1.165) is 5.56 Å². The molecule has 0 unspecified atom stereocenters. The van der Waals surface area contributed by atoms with Gasteiger partial charge in [0.05, 0.1) is 46.9 Å². The predicted octanol–water partition coefficient (Wildman–Crippen LogP) is 3.36. The third kappa shape index (κ3) is 4.84. The summed E-state index contributed by atoms with van der Waals surface area (Å²) in [5, 5.41) is 6.68. The molecule has 3 rings (SSSR count). The van der Waals surface area contributed by atoms with Crippen LogP contribution in [0.3, 0.4) is 0 Å². The largest absolute Gasteiger partial charge is 0.495 e. The van der Waals surface area contributed by atoms with E-state index >= 15 is 0 Å². The molecule has 1 amide bonds. The zero-order chi connectivity index (χ0) is 21.7. The first-order valence-corrected chi connectivity index (χ1v) is 8.99. The van der Waals surface area contributed by atoms with Gasteiger partial charge in [-0.05, 0) is 29.8 Å². The van der Waals surface area contributed by atoms with Crippen LogP contribution in [0.5, 0.6) is 23.0 Å². The van der Waals surface area contributed by atoms with Crippen molar-refractivity contribution >= 4 is 24.0 Å². The molecule has 3 N–H and O–H groups in total. The Labute approximate surface area is 185 Å². The number of methoxy groups -OCH3 is 4. The number of nitrogens with one attached hydrogen (secondary N) is 1. The summed E-state index contributed by atoms with van der Waals surface area (Å²) in [6.07, 6.45) is 1.59. The van der Waals surface area contributed by atoms with Gasteiger partial charge in [-0.25, -0.2) is 0 Å². The van der Waals surface area contributed by atoms with Crippen molar-refractivity contribution in [1.82, 2.24) is 5.16 Å². The minimum atomic E-state index is -0.333. The molecule has 3 aromatic rings. The van der Waals surface area contributed by atoms with Crippen LogP contribution in [0.15, 0.2) is 41.1 Å². The lowest BCUT2D eigenvalue weighted by Gasteiger charge is -2.14. The van der Waals surface area contributed by atoms with Gasteiger partial charge in [0.2, 0.25) is 11.7 Å². The highest BCUT2D eigenvalue weighted by molar-refractivity contribution is 5.95. The van der Waals surface area contributed by atoms with E-state index in [9.17, 15) is 4.79 Å². The van der Waals surface area contributed by atoms with E-state index in [1.807, 2.05) is 6.07 Å². The molecule has 2 aromatic carbocycles. The van der Waals surface area contributed by atoms with E-state index in [1.54, 1.807) is 30.5 Å². The van der Waals surface area contributed by atoms with Crippen molar-refractivity contribution in [3.8, 4) is 45.4 Å². The summed E-state index contributed by atoms with van der Waals surface area (Å²) < 4.78 is 27.1. The summed E-state index contributed by atoms with van der Waals surface area (Å²) in [7, 11) is 6.14. The van der Waals surface area contributed by atoms with Gasteiger partial charge in [-0.2, -0.15) is 0 Å². The first-order chi connectivity index (χ1) is 14.6. The lowest BCUT2D eigenvalue weighted by molar-refractivity contribution is -0.114. The molecule has 1 aromatic heterocycles. The van der Waals surface area contributed by atoms with E-state index in [0.29, 0.717) is 45.6 Å². The summed E-state index contributed by atoms with van der Waals surface area (Å²) in [5.74, 6) is 2.11. The van der Waals surface area contributed by atoms with Gasteiger partial charge in [0, 0.05) is 11.1 Å². The second-order valence-electron chi connectivity index (χ2n) is 6.15. The van der Waals surface area contributed by atoms with Crippen molar-refractivity contribution < 1.29 is 28.3 Å². The molecule has 0 aliphatic carbocycles. The molecule has 166 valence electrons. The summed E-state index contributed by atoms with van der Waals surface area (Å²) >= 11 is 0. The Hall–Kier alpha value is -3.43. The van der Waals surface area contributed by atoms with Crippen molar-refractivity contribution in [2.75, 3.05) is 40.3 Å². The van der Waals surface area contributed by atoms with Crippen LogP contribution in [0, 0.1) is 0 Å². The van der Waals surface area contributed by atoms with E-state index in [4.69, 9.17) is 29.2 Å². The fourth-order valence-electron chi connectivity index (χ4n) is 3.04. The summed E-state index contributed by atoms with van der Waals surface area (Å²) in [6.45, 7) is -0.142. The van der Waals surface area contributed by atoms with Crippen LogP contribution < -0.4 is 30.0 Å². The third-order valence-electron chi connectivity index (χ3n) is 4.47. The number of nitrogens with zero attached hydrogens (tertiary/aromatic N) is 1. The molecule has 0 spiro atoms. The molecular formula is C21H24ClN3O6. The Kier molecular flexibility index (Phi) is 8.12. The van der Waals surface area contributed by atoms with Crippen molar-refractivity contribution in [3.05, 3.63) is 36.5 Å². The maximum atomic E-state index is 11.8. The Morgan fingerprint density at radius 2 is 1.61 bits per heavy atom. The molecule has 0 saturated heterocycles. The topological polar surface area (TPSA) is 118 Å². The number of aromatic nitrogens is 1. The molecule has 9 nitrogen and oxygen atoms in total. The van der Waals surface area contributed by atoms with Gasteiger partial charge in [0.15, 0.2) is 17.3 Å². The molecule has 0 aliphatic heterocycles. The average molecular weight is 450 g/mol. The van der Waals surface area contributed by atoms with Crippen molar-refractivity contribution in [1.29, 1.82) is 0 Å². The number of carbonyl (C=O) groups excluding carboxylic acids is 1. The van der Waals surface area contributed by atoms with E-state index < -0.39 is 0 Å². The highest BCUT2D eigenvalue weighted by Gasteiger charge is 2.20. The summed E-state index contributed by atoms with van der Waals surface area (Å²) in [4.78, 5) is 11.8. The number of halogens is 1. The minimum Gasteiger partial charge on any atom is -0.495 e. The van der Waals surface area contributed by atoms with Crippen molar-refractivity contribution in [2.45, 2.75) is 0 Å². The monoisotopic (exact) mass is 449 g/mol. The molecule has 0 bridgehead atoms. The van der Waals surface area contributed by atoms with Gasteiger partial charge < -0.3 is 34.5 Å². The zero-order valence-electron chi connectivity index (χ0n) is 17.6. The van der Waals surface area contributed by atoms with Gasteiger partial charge in [0.1, 0.15) is 5.75 Å². The quantitative estimate of drug-likeness (QED) is 0.537. The Morgan fingerprint density at radius 1 is 0.968 bits per heavy atom. The first kappa shape index (κ1) is 23.8. The zero-order valence-corrected chi connectivity index (χ0v) is 18.4. The molecule has 1 heterocycles. The van der Waals surface area contributed by atoms with Crippen LogP contribution in [-0.2, 0) is 4.79 Å². The molecule has 0 saturated carbocycles. The molecule has 0 aliphatic rings. The Morgan fingerprint density at radius 3 is 2.16 bits per heavy atom. The number of hydrogen-bond acceptors (Lipinski definition) is 8. The normalized spacial score (nSPS) is 10.1.